The third-order valence-electron chi connectivity index (χ3n) is 5.18. The van der Waals surface area contributed by atoms with E-state index in [4.69, 9.17) is 0 Å². The maximum atomic E-state index is 3.91. The van der Waals surface area contributed by atoms with E-state index in [2.05, 4.69) is 34.7 Å². The van der Waals surface area contributed by atoms with Crippen LogP contribution < -0.4 is 5.32 Å². The van der Waals surface area contributed by atoms with Gasteiger partial charge in [0.1, 0.15) is 0 Å². The average molecular weight is 307 g/mol. The molecule has 1 aliphatic heterocycles. The van der Waals surface area contributed by atoms with Gasteiger partial charge in [0.2, 0.25) is 0 Å². The maximum absolute atomic E-state index is 3.91. The van der Waals surface area contributed by atoms with E-state index in [0.29, 0.717) is 6.04 Å². The molecule has 0 aromatic carbocycles. The zero-order chi connectivity index (χ0) is 14.5. The third kappa shape index (κ3) is 4.30. The molecule has 2 aliphatic rings. The van der Waals surface area contributed by atoms with Gasteiger partial charge in [-0.3, -0.25) is 0 Å². The van der Waals surface area contributed by atoms with E-state index in [9.17, 15) is 0 Å². The summed E-state index contributed by atoms with van der Waals surface area (Å²) in [6, 6.07) is 5.23. The molecule has 2 atom stereocenters. The second-order valence-corrected chi connectivity index (χ2v) is 7.94. The van der Waals surface area contributed by atoms with Gasteiger partial charge in [0, 0.05) is 29.9 Å². The van der Waals surface area contributed by atoms with Crippen LogP contribution >= 0.6 is 11.3 Å². The Balaban J connectivity index is 1.56. The van der Waals surface area contributed by atoms with Gasteiger partial charge < -0.3 is 10.2 Å². The molecule has 0 radical (unpaired) electrons. The molecule has 2 nitrogen and oxygen atoms in total. The fourth-order valence-electron chi connectivity index (χ4n) is 4.11. The second kappa shape index (κ2) is 7.75. The number of rotatable bonds is 6. The molecule has 0 bridgehead atoms. The number of nitrogens with zero attached hydrogens (tertiary/aromatic N) is 1. The van der Waals surface area contributed by atoms with Gasteiger partial charge in [-0.1, -0.05) is 25.8 Å². The van der Waals surface area contributed by atoms with Crippen molar-refractivity contribution in [2.75, 3.05) is 26.2 Å². The van der Waals surface area contributed by atoms with Crippen LogP contribution in [-0.2, 0) is 0 Å². The van der Waals surface area contributed by atoms with Gasteiger partial charge in [-0.05, 0) is 56.1 Å². The molecule has 1 saturated carbocycles. The molecule has 21 heavy (non-hydrogen) atoms. The van der Waals surface area contributed by atoms with Crippen LogP contribution in [0.2, 0.25) is 0 Å². The molecule has 1 aliphatic carbocycles. The van der Waals surface area contributed by atoms with Gasteiger partial charge in [-0.15, -0.1) is 11.3 Å². The Morgan fingerprint density at radius 3 is 2.86 bits per heavy atom. The molecule has 3 heteroatoms. The number of thiophene rings is 1. The molecule has 1 saturated heterocycles. The first kappa shape index (κ1) is 15.5. The first-order chi connectivity index (χ1) is 10.3. The van der Waals surface area contributed by atoms with E-state index in [1.165, 1.54) is 64.7 Å². The molecule has 2 fully saturated rings. The number of piperidine rings is 1. The summed E-state index contributed by atoms with van der Waals surface area (Å²) in [5, 5.41) is 6.14. The minimum Gasteiger partial charge on any atom is -0.312 e. The van der Waals surface area contributed by atoms with Crippen LogP contribution in [0.15, 0.2) is 17.5 Å². The number of hydrogen-bond acceptors (Lipinski definition) is 3. The largest absolute Gasteiger partial charge is 0.312 e. The van der Waals surface area contributed by atoms with Crippen LogP contribution in [0.4, 0.5) is 0 Å². The van der Waals surface area contributed by atoms with Gasteiger partial charge in [0.25, 0.3) is 0 Å². The number of hydrogen-bond donors (Lipinski definition) is 1. The maximum Gasteiger partial charge on any atom is 0.0201 e. The lowest BCUT2D eigenvalue weighted by atomic mass is 9.92. The van der Waals surface area contributed by atoms with Gasteiger partial charge in [0.15, 0.2) is 0 Å². The zero-order valence-electron chi connectivity index (χ0n) is 13.4. The summed E-state index contributed by atoms with van der Waals surface area (Å²) in [5.74, 6) is 1.69. The normalized spacial score (nSPS) is 28.2. The van der Waals surface area contributed by atoms with Crippen molar-refractivity contribution in [3.63, 3.8) is 0 Å². The molecule has 1 aromatic rings. The van der Waals surface area contributed by atoms with Crippen molar-refractivity contribution in [3.8, 4) is 0 Å². The molecular formula is C18H30N2S. The second-order valence-electron chi connectivity index (χ2n) is 6.96. The summed E-state index contributed by atoms with van der Waals surface area (Å²) in [4.78, 5) is 4.27. The van der Waals surface area contributed by atoms with Crippen molar-refractivity contribution in [2.24, 2.45) is 5.92 Å². The highest BCUT2D eigenvalue weighted by atomic mass is 32.1. The minimum atomic E-state index is 0.693. The quantitative estimate of drug-likeness (QED) is 0.851. The summed E-state index contributed by atoms with van der Waals surface area (Å²) in [6.45, 7) is 7.32. The summed E-state index contributed by atoms with van der Waals surface area (Å²) >= 11 is 1.94. The van der Waals surface area contributed by atoms with Crippen molar-refractivity contribution in [1.82, 2.24) is 10.2 Å². The van der Waals surface area contributed by atoms with Gasteiger partial charge in [0.05, 0.1) is 0 Å². The number of nitrogens with one attached hydrogen (secondary N) is 1. The van der Waals surface area contributed by atoms with Crippen LogP contribution in [0.25, 0.3) is 0 Å². The highest BCUT2D eigenvalue weighted by Crippen LogP contribution is 2.31. The van der Waals surface area contributed by atoms with E-state index in [0.717, 1.165) is 11.8 Å². The van der Waals surface area contributed by atoms with Crippen molar-refractivity contribution < 1.29 is 0 Å². The Bertz CT molecular complexity index is 397. The standard InChI is InChI=1S/C18H30N2S/c1-2-9-20-13-16(18-8-5-10-21-18)11-17(14-20)19-12-15-6-3-4-7-15/h5,8,10,15-17,19H,2-4,6-7,9,11-14H2,1H3. The highest BCUT2D eigenvalue weighted by Gasteiger charge is 2.28. The van der Waals surface area contributed by atoms with E-state index < -0.39 is 0 Å². The predicted molar refractivity (Wildman–Crippen MR) is 92.2 cm³/mol. The molecular weight excluding hydrogens is 276 g/mol. The fourth-order valence-corrected chi connectivity index (χ4v) is 4.95. The third-order valence-corrected chi connectivity index (χ3v) is 6.22. The summed E-state index contributed by atoms with van der Waals surface area (Å²) in [6.07, 6.45) is 8.41. The average Bonchev–Trinajstić information content (AvgIpc) is 3.19. The molecule has 2 unspecified atom stereocenters. The molecule has 3 rings (SSSR count). The van der Waals surface area contributed by atoms with Crippen LogP contribution in [0.5, 0.6) is 0 Å². The van der Waals surface area contributed by atoms with Gasteiger partial charge in [-0.2, -0.15) is 0 Å². The molecule has 0 amide bonds. The molecule has 118 valence electrons. The van der Waals surface area contributed by atoms with Crippen molar-refractivity contribution in [3.05, 3.63) is 22.4 Å². The first-order valence-electron chi connectivity index (χ1n) is 8.84. The summed E-state index contributed by atoms with van der Waals surface area (Å²) in [7, 11) is 0. The highest BCUT2D eigenvalue weighted by molar-refractivity contribution is 7.10. The fraction of sp³-hybridized carbons (Fsp3) is 0.778. The molecule has 2 heterocycles. The Kier molecular flexibility index (Phi) is 5.73. The lowest BCUT2D eigenvalue weighted by Crippen LogP contribution is -2.49. The Morgan fingerprint density at radius 1 is 1.29 bits per heavy atom. The van der Waals surface area contributed by atoms with Crippen LogP contribution in [0.3, 0.4) is 0 Å². The number of likely N-dealkylation sites (tertiary alicyclic amines) is 1. The Morgan fingerprint density at radius 2 is 2.14 bits per heavy atom. The SMILES string of the molecule is CCCN1CC(NCC2CCCC2)CC(c2cccs2)C1. The summed E-state index contributed by atoms with van der Waals surface area (Å²) in [5.41, 5.74) is 0. The topological polar surface area (TPSA) is 15.3 Å². The van der Waals surface area contributed by atoms with E-state index in [-0.39, 0.29) is 0 Å². The van der Waals surface area contributed by atoms with E-state index in [1.807, 2.05) is 11.3 Å². The van der Waals surface area contributed by atoms with Gasteiger partial charge in [-0.25, -0.2) is 0 Å². The van der Waals surface area contributed by atoms with Gasteiger partial charge >= 0.3 is 0 Å². The van der Waals surface area contributed by atoms with Crippen LogP contribution in [0.1, 0.15) is 56.2 Å². The first-order valence-corrected chi connectivity index (χ1v) is 9.72. The lowest BCUT2D eigenvalue weighted by Gasteiger charge is -2.38. The van der Waals surface area contributed by atoms with Crippen LogP contribution in [-0.4, -0.2) is 37.1 Å². The minimum absolute atomic E-state index is 0.693. The van der Waals surface area contributed by atoms with E-state index >= 15 is 0 Å². The lowest BCUT2D eigenvalue weighted by molar-refractivity contribution is 0.169. The predicted octanol–water partition coefficient (Wildman–Crippen LogP) is 4.10. The van der Waals surface area contributed by atoms with E-state index in [1.54, 1.807) is 4.88 Å². The molecule has 1 aromatic heterocycles. The monoisotopic (exact) mass is 306 g/mol. The van der Waals surface area contributed by atoms with Crippen molar-refractivity contribution in [1.29, 1.82) is 0 Å². The smallest absolute Gasteiger partial charge is 0.0201 e. The zero-order valence-corrected chi connectivity index (χ0v) is 14.2. The van der Waals surface area contributed by atoms with Crippen molar-refractivity contribution in [2.45, 2.75) is 57.4 Å². The Hall–Kier alpha value is -0.380. The van der Waals surface area contributed by atoms with Crippen LogP contribution in [0, 0.1) is 5.92 Å². The molecule has 0 spiro atoms. The Labute approximate surface area is 133 Å². The summed E-state index contributed by atoms with van der Waals surface area (Å²) < 4.78 is 0. The van der Waals surface area contributed by atoms with Crippen molar-refractivity contribution >= 4 is 11.3 Å². The molecule has 1 N–H and O–H groups in total.